The number of ether oxygens (including phenoxy) is 1. The molecule has 1 aromatic heterocycles. The number of hydrogen-bond acceptors (Lipinski definition) is 6. The van der Waals surface area contributed by atoms with Crippen LogP contribution >= 0.6 is 0 Å². The van der Waals surface area contributed by atoms with Gasteiger partial charge < -0.3 is 9.15 Å². The molecule has 5 rings (SSSR count). The molecule has 2 aliphatic rings. The average molecular weight is 453 g/mol. The van der Waals surface area contributed by atoms with Crippen LogP contribution in [0.1, 0.15) is 34.6 Å². The predicted molar refractivity (Wildman–Crippen MR) is 119 cm³/mol. The lowest BCUT2D eigenvalue weighted by Gasteiger charge is -2.37. The average Bonchev–Trinajstić information content (AvgIpc) is 3.44. The zero-order valence-electron chi connectivity index (χ0n) is 17.7. The van der Waals surface area contributed by atoms with Gasteiger partial charge in [0.1, 0.15) is 0 Å². The van der Waals surface area contributed by atoms with E-state index in [2.05, 4.69) is 53.4 Å². The molecule has 0 N–H and O–H groups in total. The summed E-state index contributed by atoms with van der Waals surface area (Å²) >= 11 is 0. The molecular formula is C24H24N2O5S. The van der Waals surface area contributed by atoms with Crippen LogP contribution in [0.25, 0.3) is 11.1 Å². The van der Waals surface area contributed by atoms with E-state index in [1.807, 2.05) is 0 Å². The number of hydrogen-bond donors (Lipinski definition) is 0. The van der Waals surface area contributed by atoms with Crippen LogP contribution in [0, 0.1) is 0 Å². The third-order valence-electron chi connectivity index (χ3n) is 6.09. The second-order valence-corrected chi connectivity index (χ2v) is 9.73. The third-order valence-corrected chi connectivity index (χ3v) is 7.86. The monoisotopic (exact) mass is 452 g/mol. The van der Waals surface area contributed by atoms with E-state index in [4.69, 9.17) is 9.15 Å². The minimum Gasteiger partial charge on any atom is -0.460 e. The minimum atomic E-state index is -3.83. The maximum Gasteiger partial charge on any atom is 0.374 e. The molecule has 0 saturated carbocycles. The quantitative estimate of drug-likeness (QED) is 0.551. The maximum absolute atomic E-state index is 13.1. The van der Waals surface area contributed by atoms with Crippen molar-refractivity contribution in [3.8, 4) is 11.1 Å². The summed E-state index contributed by atoms with van der Waals surface area (Å²) in [6.45, 7) is 3.75. The van der Waals surface area contributed by atoms with Crippen LogP contribution in [0.2, 0.25) is 0 Å². The lowest BCUT2D eigenvalue weighted by molar-refractivity contribution is 0.0483. The van der Waals surface area contributed by atoms with Gasteiger partial charge >= 0.3 is 5.97 Å². The first-order valence-corrected chi connectivity index (χ1v) is 12.1. The van der Waals surface area contributed by atoms with E-state index in [0.29, 0.717) is 26.2 Å². The van der Waals surface area contributed by atoms with Gasteiger partial charge in [-0.05, 0) is 41.3 Å². The Balaban J connectivity index is 1.34. The first kappa shape index (κ1) is 20.9. The van der Waals surface area contributed by atoms with Crippen LogP contribution in [0.5, 0.6) is 0 Å². The Morgan fingerprint density at radius 1 is 0.938 bits per heavy atom. The van der Waals surface area contributed by atoms with E-state index in [0.717, 1.165) is 0 Å². The Bertz CT molecular complexity index is 1210. The van der Waals surface area contributed by atoms with Crippen molar-refractivity contribution in [1.82, 2.24) is 9.21 Å². The summed E-state index contributed by atoms with van der Waals surface area (Å²) < 4.78 is 37.8. The van der Waals surface area contributed by atoms with Crippen molar-refractivity contribution in [3.63, 3.8) is 0 Å². The first-order valence-electron chi connectivity index (χ1n) is 10.7. The minimum absolute atomic E-state index is 0.108. The highest BCUT2D eigenvalue weighted by Gasteiger charge is 2.37. The van der Waals surface area contributed by atoms with Gasteiger partial charge in [-0.1, -0.05) is 48.5 Å². The van der Waals surface area contributed by atoms with Crippen molar-refractivity contribution in [2.45, 2.75) is 18.1 Å². The topological polar surface area (TPSA) is 80.1 Å². The number of furan rings is 1. The molecule has 1 aliphatic carbocycles. The molecule has 0 atom stereocenters. The lowest BCUT2D eigenvalue weighted by Crippen LogP contribution is -2.49. The summed E-state index contributed by atoms with van der Waals surface area (Å²) in [5, 5.41) is -0.231. The summed E-state index contributed by atoms with van der Waals surface area (Å²) in [7, 11) is -3.83. The second-order valence-electron chi connectivity index (χ2n) is 7.86. The molecule has 2 heterocycles. The van der Waals surface area contributed by atoms with Crippen molar-refractivity contribution >= 4 is 16.0 Å². The van der Waals surface area contributed by atoms with Crippen molar-refractivity contribution in [3.05, 3.63) is 77.6 Å². The van der Waals surface area contributed by atoms with Crippen LogP contribution in [0.4, 0.5) is 0 Å². The first-order chi connectivity index (χ1) is 15.5. The van der Waals surface area contributed by atoms with E-state index in [1.54, 1.807) is 6.92 Å². The van der Waals surface area contributed by atoms with Gasteiger partial charge in [0, 0.05) is 26.2 Å². The number of fused-ring (bicyclic) bond motifs is 3. The Hall–Kier alpha value is -2.94. The number of esters is 1. The van der Waals surface area contributed by atoms with Gasteiger partial charge in [-0.25, -0.2) is 13.2 Å². The fraction of sp³-hybridized carbons (Fsp3) is 0.292. The second kappa shape index (κ2) is 8.20. The van der Waals surface area contributed by atoms with Crippen molar-refractivity contribution in [2.24, 2.45) is 0 Å². The summed E-state index contributed by atoms with van der Waals surface area (Å²) in [6.07, 6.45) is 0. The summed E-state index contributed by atoms with van der Waals surface area (Å²) in [6, 6.07) is 19.6. The fourth-order valence-electron chi connectivity index (χ4n) is 4.62. The summed E-state index contributed by atoms with van der Waals surface area (Å²) in [4.78, 5) is 14.2. The third kappa shape index (κ3) is 3.44. The van der Waals surface area contributed by atoms with Crippen molar-refractivity contribution < 1.29 is 22.4 Å². The van der Waals surface area contributed by atoms with Gasteiger partial charge in [-0.15, -0.1) is 0 Å². The Morgan fingerprint density at radius 3 is 2.12 bits per heavy atom. The number of piperazine rings is 1. The molecule has 1 saturated heterocycles. The fourth-order valence-corrected chi connectivity index (χ4v) is 5.96. The van der Waals surface area contributed by atoms with Gasteiger partial charge in [-0.3, -0.25) is 4.90 Å². The SMILES string of the molecule is CCOC(=O)c1ccc(S(=O)(=O)N2CCN(C3c4ccccc4-c4ccccc43)CC2)o1. The highest BCUT2D eigenvalue weighted by atomic mass is 32.2. The standard InChI is InChI=1S/C24H24N2O5S/c1-2-30-24(27)21-11-12-22(31-21)32(28,29)26-15-13-25(14-16-26)23-19-9-5-3-7-17(19)18-8-4-6-10-20(18)23/h3-12,23H,2,13-16H2,1H3. The van der Waals surface area contributed by atoms with Crippen molar-refractivity contribution in [1.29, 1.82) is 0 Å². The number of nitrogens with zero attached hydrogens (tertiary/aromatic N) is 2. The van der Waals surface area contributed by atoms with Gasteiger partial charge in [-0.2, -0.15) is 4.31 Å². The Morgan fingerprint density at radius 2 is 1.53 bits per heavy atom. The van der Waals surface area contributed by atoms with E-state index < -0.39 is 16.0 Å². The molecule has 0 radical (unpaired) electrons. The molecule has 0 unspecified atom stereocenters. The maximum atomic E-state index is 13.1. The van der Waals surface area contributed by atoms with E-state index >= 15 is 0 Å². The molecule has 2 aromatic carbocycles. The molecule has 1 fully saturated rings. The predicted octanol–water partition coefficient (Wildman–Crippen LogP) is 3.53. The van der Waals surface area contributed by atoms with Gasteiger partial charge in [0.2, 0.25) is 10.9 Å². The molecule has 32 heavy (non-hydrogen) atoms. The molecular weight excluding hydrogens is 428 g/mol. The molecule has 0 amide bonds. The smallest absolute Gasteiger partial charge is 0.374 e. The van der Waals surface area contributed by atoms with E-state index in [1.165, 1.54) is 38.7 Å². The zero-order chi connectivity index (χ0) is 22.3. The Kier molecular flexibility index (Phi) is 5.36. The summed E-state index contributed by atoms with van der Waals surface area (Å²) in [5.41, 5.74) is 5.00. The van der Waals surface area contributed by atoms with E-state index in [-0.39, 0.29) is 23.5 Å². The highest BCUT2D eigenvalue weighted by Crippen LogP contribution is 2.46. The van der Waals surface area contributed by atoms with Crippen LogP contribution in [-0.2, 0) is 14.8 Å². The molecule has 166 valence electrons. The zero-order valence-corrected chi connectivity index (χ0v) is 18.5. The van der Waals surface area contributed by atoms with E-state index in [9.17, 15) is 13.2 Å². The van der Waals surface area contributed by atoms with Crippen LogP contribution in [-0.4, -0.2) is 56.4 Å². The molecule has 1 aliphatic heterocycles. The van der Waals surface area contributed by atoms with Crippen molar-refractivity contribution in [2.75, 3.05) is 32.8 Å². The molecule has 0 spiro atoms. The highest BCUT2D eigenvalue weighted by molar-refractivity contribution is 7.89. The van der Waals surface area contributed by atoms with Gasteiger partial charge in [0.15, 0.2) is 0 Å². The van der Waals surface area contributed by atoms with Crippen LogP contribution in [0.15, 0.2) is 70.2 Å². The number of benzene rings is 2. The molecule has 0 bridgehead atoms. The summed E-state index contributed by atoms with van der Waals surface area (Å²) in [5.74, 6) is -0.777. The molecule has 8 heteroatoms. The number of sulfonamides is 1. The van der Waals surface area contributed by atoms with Gasteiger partial charge in [0.25, 0.3) is 10.0 Å². The lowest BCUT2D eigenvalue weighted by atomic mass is 10.0. The molecule has 7 nitrogen and oxygen atoms in total. The number of rotatable bonds is 5. The number of carbonyl (C=O) groups is 1. The van der Waals surface area contributed by atoms with Gasteiger partial charge in [0.05, 0.1) is 12.6 Å². The van der Waals surface area contributed by atoms with Crippen LogP contribution < -0.4 is 0 Å². The largest absolute Gasteiger partial charge is 0.460 e. The normalized spacial score (nSPS) is 17.2. The Labute approximate surface area is 187 Å². The molecule has 3 aromatic rings. The van der Waals surface area contributed by atoms with Crippen LogP contribution in [0.3, 0.4) is 0 Å². The number of carbonyl (C=O) groups excluding carboxylic acids is 1.